The first-order chi connectivity index (χ1) is 11.7. The van der Waals surface area contributed by atoms with Crippen LogP contribution in [-0.4, -0.2) is 24.2 Å². The summed E-state index contributed by atoms with van der Waals surface area (Å²) in [4.78, 5) is 12.2. The third kappa shape index (κ3) is 3.60. The van der Waals surface area contributed by atoms with Crippen LogP contribution in [0.2, 0.25) is 0 Å². The molecule has 0 saturated carbocycles. The fourth-order valence-corrected chi connectivity index (χ4v) is 2.54. The molecule has 1 N–H and O–H groups in total. The first-order valence-corrected chi connectivity index (χ1v) is 8.20. The number of benzene rings is 2. The van der Waals surface area contributed by atoms with Crippen LogP contribution in [0.1, 0.15) is 38.1 Å². The summed E-state index contributed by atoms with van der Waals surface area (Å²) in [6.45, 7) is 8.00. The molecule has 130 valence electrons. The van der Waals surface area contributed by atoms with Crippen molar-refractivity contribution in [1.29, 1.82) is 0 Å². The van der Waals surface area contributed by atoms with Crippen molar-refractivity contribution in [2.45, 2.75) is 38.9 Å². The maximum atomic E-state index is 13.2. The average molecular weight is 341 g/mol. The standard InChI is InChI=1S/C19H21BFNO3/c1-18(2)19(3,4)25-20(24-18)14-8-10-16(11-9-14)22-17(23)13-6-5-7-15(21)12-13/h5-12H,1-4H3,(H,22,23). The van der Waals surface area contributed by atoms with Gasteiger partial charge in [0.15, 0.2) is 0 Å². The van der Waals surface area contributed by atoms with Crippen molar-refractivity contribution in [3.8, 4) is 0 Å². The highest BCUT2D eigenvalue weighted by molar-refractivity contribution is 6.62. The predicted molar refractivity (Wildman–Crippen MR) is 96.5 cm³/mol. The van der Waals surface area contributed by atoms with Crippen molar-refractivity contribution in [2.24, 2.45) is 0 Å². The Morgan fingerprint density at radius 3 is 2.16 bits per heavy atom. The van der Waals surface area contributed by atoms with Gasteiger partial charge in [0.05, 0.1) is 11.2 Å². The summed E-state index contributed by atoms with van der Waals surface area (Å²) in [5, 5.41) is 2.75. The van der Waals surface area contributed by atoms with Gasteiger partial charge in [-0.05, 0) is 63.5 Å². The Kier molecular flexibility index (Phi) is 4.43. The minimum absolute atomic E-state index is 0.273. The van der Waals surface area contributed by atoms with Crippen LogP contribution in [0, 0.1) is 5.82 Å². The van der Waals surface area contributed by atoms with Crippen LogP contribution >= 0.6 is 0 Å². The Morgan fingerprint density at radius 2 is 1.60 bits per heavy atom. The maximum absolute atomic E-state index is 13.2. The Labute approximate surface area is 147 Å². The zero-order valence-electron chi connectivity index (χ0n) is 14.8. The van der Waals surface area contributed by atoms with Gasteiger partial charge in [-0.1, -0.05) is 18.2 Å². The summed E-state index contributed by atoms with van der Waals surface area (Å²) in [7, 11) is -0.446. The molecule has 4 nitrogen and oxygen atoms in total. The van der Waals surface area contributed by atoms with E-state index in [1.807, 2.05) is 39.8 Å². The number of carbonyl (C=O) groups is 1. The molecule has 0 unspecified atom stereocenters. The van der Waals surface area contributed by atoms with Gasteiger partial charge in [0.25, 0.3) is 5.91 Å². The number of carbonyl (C=O) groups excluding carboxylic acids is 1. The molecule has 0 aliphatic carbocycles. The molecule has 1 fully saturated rings. The molecule has 0 bridgehead atoms. The van der Waals surface area contributed by atoms with Gasteiger partial charge in [-0.3, -0.25) is 4.79 Å². The molecular weight excluding hydrogens is 320 g/mol. The van der Waals surface area contributed by atoms with Crippen molar-refractivity contribution in [3.63, 3.8) is 0 Å². The number of anilines is 1. The molecule has 1 aliphatic rings. The van der Waals surface area contributed by atoms with E-state index in [0.717, 1.165) is 5.46 Å². The van der Waals surface area contributed by atoms with E-state index in [-0.39, 0.29) is 11.5 Å². The van der Waals surface area contributed by atoms with Crippen LogP contribution < -0.4 is 10.8 Å². The zero-order chi connectivity index (χ0) is 18.2. The monoisotopic (exact) mass is 341 g/mol. The minimum Gasteiger partial charge on any atom is -0.399 e. The molecule has 0 radical (unpaired) electrons. The van der Waals surface area contributed by atoms with E-state index in [9.17, 15) is 9.18 Å². The number of hydrogen-bond acceptors (Lipinski definition) is 3. The SMILES string of the molecule is CC1(C)OB(c2ccc(NC(=O)c3cccc(F)c3)cc2)OC1(C)C. The topological polar surface area (TPSA) is 47.6 Å². The first-order valence-electron chi connectivity index (χ1n) is 8.20. The van der Waals surface area contributed by atoms with Gasteiger partial charge in [-0.25, -0.2) is 4.39 Å². The van der Waals surface area contributed by atoms with Gasteiger partial charge in [0.2, 0.25) is 0 Å². The normalized spacial score (nSPS) is 18.2. The number of rotatable bonds is 3. The molecule has 0 atom stereocenters. The van der Waals surface area contributed by atoms with Crippen LogP contribution in [0.4, 0.5) is 10.1 Å². The summed E-state index contributed by atoms with van der Waals surface area (Å²) < 4.78 is 25.2. The van der Waals surface area contributed by atoms with Crippen molar-refractivity contribution < 1.29 is 18.5 Å². The Balaban J connectivity index is 1.70. The van der Waals surface area contributed by atoms with Crippen molar-refractivity contribution in [3.05, 3.63) is 59.9 Å². The second-order valence-electron chi connectivity index (χ2n) is 7.17. The Hall–Kier alpha value is -2.18. The molecule has 1 saturated heterocycles. The molecule has 2 aromatic rings. The van der Waals surface area contributed by atoms with Gasteiger partial charge in [-0.2, -0.15) is 0 Å². The molecule has 0 aromatic heterocycles. The van der Waals surface area contributed by atoms with Crippen molar-refractivity contribution in [2.75, 3.05) is 5.32 Å². The summed E-state index contributed by atoms with van der Waals surface area (Å²) in [6, 6.07) is 12.8. The fraction of sp³-hybridized carbons (Fsp3) is 0.316. The molecule has 3 rings (SSSR count). The minimum atomic E-state index is -0.446. The van der Waals surface area contributed by atoms with Crippen LogP contribution in [0.5, 0.6) is 0 Å². The van der Waals surface area contributed by atoms with E-state index in [2.05, 4.69) is 5.32 Å². The van der Waals surface area contributed by atoms with E-state index < -0.39 is 24.1 Å². The largest absolute Gasteiger partial charge is 0.494 e. The van der Waals surface area contributed by atoms with Crippen LogP contribution in [-0.2, 0) is 9.31 Å². The van der Waals surface area contributed by atoms with Gasteiger partial charge >= 0.3 is 7.12 Å². The smallest absolute Gasteiger partial charge is 0.399 e. The molecule has 0 spiro atoms. The highest BCUT2D eigenvalue weighted by Gasteiger charge is 2.51. The Morgan fingerprint density at radius 1 is 1.00 bits per heavy atom. The second kappa shape index (κ2) is 6.28. The lowest BCUT2D eigenvalue weighted by Gasteiger charge is -2.32. The predicted octanol–water partition coefficient (Wildman–Crippen LogP) is 3.38. The summed E-state index contributed by atoms with van der Waals surface area (Å²) >= 11 is 0. The quantitative estimate of drug-likeness (QED) is 0.871. The number of amides is 1. The van der Waals surface area contributed by atoms with Crippen molar-refractivity contribution in [1.82, 2.24) is 0 Å². The summed E-state index contributed by atoms with van der Waals surface area (Å²) in [5.74, 6) is -0.799. The molecule has 2 aromatic carbocycles. The molecule has 1 amide bonds. The van der Waals surface area contributed by atoms with Gasteiger partial charge in [0, 0.05) is 11.3 Å². The van der Waals surface area contributed by atoms with Crippen molar-refractivity contribution >= 4 is 24.2 Å². The van der Waals surface area contributed by atoms with E-state index in [1.165, 1.54) is 18.2 Å². The van der Waals surface area contributed by atoms with Crippen LogP contribution in [0.15, 0.2) is 48.5 Å². The number of nitrogens with one attached hydrogen (secondary N) is 1. The number of halogens is 1. The lowest BCUT2D eigenvalue weighted by Crippen LogP contribution is -2.41. The second-order valence-corrected chi connectivity index (χ2v) is 7.17. The summed E-state index contributed by atoms with van der Waals surface area (Å²) in [6.07, 6.45) is 0. The van der Waals surface area contributed by atoms with E-state index in [4.69, 9.17) is 9.31 Å². The highest BCUT2D eigenvalue weighted by atomic mass is 19.1. The lowest BCUT2D eigenvalue weighted by molar-refractivity contribution is 0.00578. The lowest BCUT2D eigenvalue weighted by atomic mass is 9.79. The van der Waals surface area contributed by atoms with Crippen LogP contribution in [0.3, 0.4) is 0 Å². The third-order valence-corrected chi connectivity index (χ3v) is 4.78. The zero-order valence-corrected chi connectivity index (χ0v) is 14.8. The highest BCUT2D eigenvalue weighted by Crippen LogP contribution is 2.36. The maximum Gasteiger partial charge on any atom is 0.494 e. The van der Waals surface area contributed by atoms with E-state index >= 15 is 0 Å². The molecule has 25 heavy (non-hydrogen) atoms. The van der Waals surface area contributed by atoms with Crippen LogP contribution in [0.25, 0.3) is 0 Å². The van der Waals surface area contributed by atoms with E-state index in [1.54, 1.807) is 18.2 Å². The van der Waals surface area contributed by atoms with Gasteiger partial charge in [0.1, 0.15) is 5.82 Å². The van der Waals surface area contributed by atoms with Gasteiger partial charge < -0.3 is 14.6 Å². The fourth-order valence-electron chi connectivity index (χ4n) is 2.54. The molecule has 6 heteroatoms. The van der Waals surface area contributed by atoms with E-state index in [0.29, 0.717) is 5.69 Å². The molecular formula is C19H21BFNO3. The summed E-state index contributed by atoms with van der Waals surface area (Å²) in [5.41, 5.74) is 0.969. The Bertz CT molecular complexity index is 774. The van der Waals surface area contributed by atoms with Gasteiger partial charge in [-0.15, -0.1) is 0 Å². The first kappa shape index (κ1) is 17.6. The molecule has 1 heterocycles. The molecule has 1 aliphatic heterocycles. The average Bonchev–Trinajstić information content (AvgIpc) is 2.76. The number of hydrogen-bond donors (Lipinski definition) is 1. The third-order valence-electron chi connectivity index (χ3n) is 4.78.